The Balaban J connectivity index is 2.29. The van der Waals surface area contributed by atoms with E-state index in [1.54, 1.807) is 25.1 Å². The molecule has 0 aliphatic carbocycles. The van der Waals surface area contributed by atoms with Crippen molar-refractivity contribution in [3.63, 3.8) is 0 Å². The number of imide groups is 1. The van der Waals surface area contributed by atoms with Crippen LogP contribution in [-0.4, -0.2) is 35.5 Å². The maximum Gasteiger partial charge on any atom is 0.232 e. The molecule has 1 unspecified atom stereocenters. The molecule has 1 aromatic rings. The number of amides is 2. The van der Waals surface area contributed by atoms with Crippen molar-refractivity contribution in [1.29, 1.82) is 0 Å². The summed E-state index contributed by atoms with van der Waals surface area (Å²) in [6, 6.07) is 5.28. The van der Waals surface area contributed by atoms with Crippen LogP contribution in [0, 0.1) is 17.8 Å². The number of rotatable bonds is 3. The molecule has 1 aromatic carbocycles. The molecule has 2 rings (SSSR count). The third-order valence-electron chi connectivity index (χ3n) is 3.39. The van der Waals surface area contributed by atoms with Crippen LogP contribution in [0.3, 0.4) is 0 Å². The van der Waals surface area contributed by atoms with E-state index in [0.29, 0.717) is 11.3 Å². The summed E-state index contributed by atoms with van der Waals surface area (Å²) in [7, 11) is 1.54. The molecule has 5 nitrogen and oxygen atoms in total. The van der Waals surface area contributed by atoms with Gasteiger partial charge in [-0.25, -0.2) is 0 Å². The van der Waals surface area contributed by atoms with Crippen LogP contribution in [0.4, 0.5) is 0 Å². The summed E-state index contributed by atoms with van der Waals surface area (Å²) in [5.41, 5.74) is 1.42. The largest absolute Gasteiger partial charge is 0.496 e. The van der Waals surface area contributed by atoms with Crippen LogP contribution in [0.15, 0.2) is 18.2 Å². The number of likely N-dealkylation sites (tertiary alicyclic amines) is 1. The summed E-state index contributed by atoms with van der Waals surface area (Å²) in [6.45, 7) is 1.71. The van der Waals surface area contributed by atoms with Crippen LogP contribution in [0.5, 0.6) is 5.75 Å². The van der Waals surface area contributed by atoms with Crippen LogP contribution in [0.2, 0.25) is 0 Å². The first-order valence-electron chi connectivity index (χ1n) is 6.67. The summed E-state index contributed by atoms with van der Waals surface area (Å²) in [5.74, 6) is 5.38. The second-order valence-corrected chi connectivity index (χ2v) is 4.91. The van der Waals surface area contributed by atoms with E-state index in [0.717, 1.165) is 5.56 Å². The number of hydrogen-bond acceptors (Lipinski definition) is 4. The van der Waals surface area contributed by atoms with Crippen molar-refractivity contribution in [1.82, 2.24) is 4.90 Å². The molecular formula is C16H17NO4. The maximum absolute atomic E-state index is 12.0. The molecule has 0 aromatic heterocycles. The average molecular weight is 287 g/mol. The molecule has 1 aliphatic rings. The lowest BCUT2D eigenvalue weighted by atomic mass is 10.1. The lowest BCUT2D eigenvalue weighted by Crippen LogP contribution is -2.29. The minimum absolute atomic E-state index is 0.158. The van der Waals surface area contributed by atoms with Crippen molar-refractivity contribution in [2.24, 2.45) is 5.92 Å². The van der Waals surface area contributed by atoms with Gasteiger partial charge in [-0.3, -0.25) is 14.5 Å². The van der Waals surface area contributed by atoms with Crippen LogP contribution < -0.4 is 4.74 Å². The predicted molar refractivity (Wildman–Crippen MR) is 76.3 cm³/mol. The molecule has 1 heterocycles. The fourth-order valence-electron chi connectivity index (χ4n) is 2.31. The highest BCUT2D eigenvalue weighted by molar-refractivity contribution is 6.03. The summed E-state index contributed by atoms with van der Waals surface area (Å²) < 4.78 is 5.27. The first-order chi connectivity index (χ1) is 10.1. The molecule has 1 fully saturated rings. The second kappa shape index (κ2) is 6.42. The monoisotopic (exact) mass is 287 g/mol. The van der Waals surface area contributed by atoms with Crippen molar-refractivity contribution >= 4 is 11.8 Å². The van der Waals surface area contributed by atoms with E-state index in [4.69, 9.17) is 9.84 Å². The number of carbonyl (C=O) groups excluding carboxylic acids is 2. The lowest BCUT2D eigenvalue weighted by molar-refractivity contribution is -0.139. The molecule has 0 bridgehead atoms. The number of hydrogen-bond donors (Lipinski definition) is 1. The Bertz CT molecular complexity index is 627. The Morgan fingerprint density at radius 3 is 2.76 bits per heavy atom. The molecule has 0 saturated carbocycles. The van der Waals surface area contributed by atoms with Crippen LogP contribution in [-0.2, 0) is 16.1 Å². The van der Waals surface area contributed by atoms with Crippen molar-refractivity contribution in [2.45, 2.75) is 19.9 Å². The standard InChI is InChI=1S/C16H17NO4/c1-11-8-15(19)17(16(11)20)10-13-9-12(4-3-7-18)5-6-14(13)21-2/h5-6,9,11,18H,7-8,10H2,1-2H3. The zero-order valence-electron chi connectivity index (χ0n) is 12.0. The van der Waals surface area contributed by atoms with Crippen molar-refractivity contribution in [2.75, 3.05) is 13.7 Å². The number of nitrogens with zero attached hydrogens (tertiary/aromatic N) is 1. The van der Waals surface area contributed by atoms with Gasteiger partial charge in [-0.2, -0.15) is 0 Å². The lowest BCUT2D eigenvalue weighted by Gasteiger charge is -2.16. The van der Waals surface area contributed by atoms with E-state index >= 15 is 0 Å². The summed E-state index contributed by atoms with van der Waals surface area (Å²) in [4.78, 5) is 25.1. The maximum atomic E-state index is 12.0. The van der Waals surface area contributed by atoms with Gasteiger partial charge in [0, 0.05) is 23.5 Å². The fraction of sp³-hybridized carbons (Fsp3) is 0.375. The predicted octanol–water partition coefficient (Wildman–Crippen LogP) is 0.934. The molecule has 5 heteroatoms. The summed E-state index contributed by atoms with van der Waals surface area (Å²) in [6.07, 6.45) is 0.255. The minimum Gasteiger partial charge on any atom is -0.496 e. The number of carbonyl (C=O) groups is 2. The number of methoxy groups -OCH3 is 1. The van der Waals surface area contributed by atoms with E-state index in [1.807, 2.05) is 0 Å². The third-order valence-corrected chi connectivity index (χ3v) is 3.39. The van der Waals surface area contributed by atoms with Gasteiger partial charge >= 0.3 is 0 Å². The molecule has 1 saturated heterocycles. The first-order valence-corrected chi connectivity index (χ1v) is 6.67. The van der Waals surface area contributed by atoms with Crippen molar-refractivity contribution in [3.8, 4) is 17.6 Å². The topological polar surface area (TPSA) is 66.8 Å². The Hall–Kier alpha value is -2.32. The SMILES string of the molecule is COc1ccc(C#CCO)cc1CN1C(=O)CC(C)C1=O. The van der Waals surface area contributed by atoms with Crippen molar-refractivity contribution in [3.05, 3.63) is 29.3 Å². The van der Waals surface area contributed by atoms with Gasteiger partial charge < -0.3 is 9.84 Å². The minimum atomic E-state index is -0.263. The van der Waals surface area contributed by atoms with Crippen LogP contribution in [0.1, 0.15) is 24.5 Å². The van der Waals surface area contributed by atoms with Gasteiger partial charge in [-0.15, -0.1) is 0 Å². The number of ether oxygens (including phenoxy) is 1. The molecule has 1 N–H and O–H groups in total. The molecular weight excluding hydrogens is 270 g/mol. The normalized spacial score (nSPS) is 17.7. The van der Waals surface area contributed by atoms with E-state index in [1.165, 1.54) is 12.0 Å². The first kappa shape index (κ1) is 15.1. The zero-order valence-corrected chi connectivity index (χ0v) is 12.0. The molecule has 1 atom stereocenters. The summed E-state index contributed by atoms with van der Waals surface area (Å²) in [5, 5.41) is 8.73. The molecule has 1 aliphatic heterocycles. The van der Waals surface area contributed by atoms with Crippen LogP contribution >= 0.6 is 0 Å². The molecule has 0 spiro atoms. The van der Waals surface area contributed by atoms with Gasteiger partial charge in [-0.1, -0.05) is 18.8 Å². The number of aliphatic hydroxyl groups is 1. The Labute approximate surface area is 123 Å². The second-order valence-electron chi connectivity index (χ2n) is 4.91. The molecule has 2 amide bonds. The number of aliphatic hydroxyl groups excluding tert-OH is 1. The van der Waals surface area contributed by atoms with Gasteiger partial charge in [0.2, 0.25) is 11.8 Å². The molecule has 110 valence electrons. The molecule has 0 radical (unpaired) electrons. The Morgan fingerprint density at radius 2 is 2.19 bits per heavy atom. The summed E-state index contributed by atoms with van der Waals surface area (Å²) >= 11 is 0. The highest BCUT2D eigenvalue weighted by Gasteiger charge is 2.35. The van der Waals surface area contributed by atoms with Crippen molar-refractivity contribution < 1.29 is 19.4 Å². The van der Waals surface area contributed by atoms with Gasteiger partial charge in [0.1, 0.15) is 12.4 Å². The van der Waals surface area contributed by atoms with E-state index in [-0.39, 0.29) is 37.3 Å². The van der Waals surface area contributed by atoms with Gasteiger partial charge in [0.05, 0.1) is 13.7 Å². The zero-order chi connectivity index (χ0) is 15.4. The molecule has 21 heavy (non-hydrogen) atoms. The Kier molecular flexibility index (Phi) is 4.61. The average Bonchev–Trinajstić information content (AvgIpc) is 2.72. The van der Waals surface area contributed by atoms with Gasteiger partial charge in [0.15, 0.2) is 0 Å². The van der Waals surface area contributed by atoms with Gasteiger partial charge in [-0.05, 0) is 18.2 Å². The van der Waals surface area contributed by atoms with Gasteiger partial charge in [0.25, 0.3) is 0 Å². The van der Waals surface area contributed by atoms with Crippen LogP contribution in [0.25, 0.3) is 0 Å². The third kappa shape index (κ3) is 3.23. The smallest absolute Gasteiger partial charge is 0.232 e. The number of benzene rings is 1. The van der Waals surface area contributed by atoms with E-state index in [9.17, 15) is 9.59 Å². The fourth-order valence-corrected chi connectivity index (χ4v) is 2.31. The highest BCUT2D eigenvalue weighted by Crippen LogP contribution is 2.26. The van der Waals surface area contributed by atoms with E-state index < -0.39 is 0 Å². The Morgan fingerprint density at radius 1 is 1.43 bits per heavy atom. The highest BCUT2D eigenvalue weighted by atomic mass is 16.5. The van der Waals surface area contributed by atoms with E-state index in [2.05, 4.69) is 11.8 Å². The quantitative estimate of drug-likeness (QED) is 0.663.